The molecule has 8 heteroatoms. The van der Waals surface area contributed by atoms with Gasteiger partial charge in [0.1, 0.15) is 0 Å². The molecule has 0 aromatic rings. The minimum absolute atomic E-state index is 0.967. The fourth-order valence-electron chi connectivity index (χ4n) is 0.452. The van der Waals surface area contributed by atoms with Gasteiger partial charge in [-0.05, 0) is 0 Å². The molecule has 0 bridgehead atoms. The van der Waals surface area contributed by atoms with Crippen LogP contribution in [0.15, 0.2) is 0 Å². The van der Waals surface area contributed by atoms with Crippen molar-refractivity contribution in [3.63, 3.8) is 0 Å². The molecule has 0 spiro atoms. The monoisotopic (exact) mass is 206 g/mol. The Bertz CT molecular complexity index is 280. The number of aliphatic hydroxyl groups is 1. The lowest BCUT2D eigenvalue weighted by atomic mass is 10.2. The smallest absolute Gasteiger partial charge is 0.424 e. The maximum atomic E-state index is 10.6. The molecule has 14 heavy (non-hydrogen) atoms. The molecule has 78 valence electrons. The molecule has 8 nitrogen and oxygen atoms in total. The Labute approximate surface area is 76.7 Å². The van der Waals surface area contributed by atoms with Crippen molar-refractivity contribution in [3.05, 3.63) is 0 Å². The molecule has 1 atom stereocenters. The van der Waals surface area contributed by atoms with E-state index in [1.165, 1.54) is 0 Å². The fraction of sp³-hybridized carbons (Fsp3) is 0.333. The molecule has 0 saturated carbocycles. The van der Waals surface area contributed by atoms with E-state index in [9.17, 15) is 19.2 Å². The Balaban J connectivity index is 4.14. The Morgan fingerprint density at radius 1 is 1.14 bits per heavy atom. The maximum absolute atomic E-state index is 10.6. The van der Waals surface area contributed by atoms with Crippen molar-refractivity contribution >= 4 is 23.9 Å². The highest BCUT2D eigenvalue weighted by molar-refractivity contribution is 6.30. The Morgan fingerprint density at radius 3 is 2.00 bits per heavy atom. The van der Waals surface area contributed by atoms with Gasteiger partial charge in [-0.25, -0.2) is 14.4 Å². The minimum atomic E-state index is -2.06. The molecule has 0 heterocycles. The quantitative estimate of drug-likeness (QED) is 0.273. The van der Waals surface area contributed by atoms with E-state index in [1.807, 2.05) is 0 Å². The van der Waals surface area contributed by atoms with Crippen LogP contribution < -0.4 is 0 Å². The standard InChI is InChI=1S/C6H6O8/c7-2(1-3(8)9)5(12)14-6(13)4(10)11/h2,7H,1H2,(H,8,9)(H,10,11). The van der Waals surface area contributed by atoms with Crippen molar-refractivity contribution in [2.45, 2.75) is 12.5 Å². The van der Waals surface area contributed by atoms with Gasteiger partial charge in [0.2, 0.25) is 0 Å². The summed E-state index contributed by atoms with van der Waals surface area (Å²) in [7, 11) is 0. The van der Waals surface area contributed by atoms with Gasteiger partial charge in [-0.1, -0.05) is 0 Å². The van der Waals surface area contributed by atoms with Crippen LogP contribution in [0.1, 0.15) is 6.42 Å². The number of aliphatic hydroxyl groups excluding tert-OH is 1. The lowest BCUT2D eigenvalue weighted by Gasteiger charge is -2.04. The lowest BCUT2D eigenvalue weighted by molar-refractivity contribution is -0.175. The Morgan fingerprint density at radius 2 is 1.64 bits per heavy atom. The zero-order chi connectivity index (χ0) is 11.3. The average Bonchev–Trinajstić information content (AvgIpc) is 2.02. The SMILES string of the molecule is O=C(O)CC(O)C(=O)OC(=O)C(=O)O. The molecule has 1 unspecified atom stereocenters. The van der Waals surface area contributed by atoms with E-state index >= 15 is 0 Å². The van der Waals surface area contributed by atoms with Gasteiger partial charge in [0.05, 0.1) is 6.42 Å². The van der Waals surface area contributed by atoms with Crippen LogP contribution in [-0.2, 0) is 23.9 Å². The first-order chi connectivity index (χ1) is 6.34. The third kappa shape index (κ3) is 4.16. The second-order valence-electron chi connectivity index (χ2n) is 2.13. The maximum Gasteiger partial charge on any atom is 0.424 e. The van der Waals surface area contributed by atoms with E-state index in [0.717, 1.165) is 0 Å². The van der Waals surface area contributed by atoms with E-state index in [-0.39, 0.29) is 0 Å². The summed E-state index contributed by atoms with van der Waals surface area (Å²) in [6, 6.07) is 0. The predicted octanol–water partition coefficient (Wildman–Crippen LogP) is -2.02. The van der Waals surface area contributed by atoms with Gasteiger partial charge in [-0.15, -0.1) is 0 Å². The van der Waals surface area contributed by atoms with Gasteiger partial charge in [0.25, 0.3) is 0 Å². The molecule has 0 aromatic heterocycles. The highest BCUT2D eigenvalue weighted by Crippen LogP contribution is 1.95. The van der Waals surface area contributed by atoms with Gasteiger partial charge in [-0.3, -0.25) is 4.79 Å². The van der Waals surface area contributed by atoms with Crippen LogP contribution in [0.3, 0.4) is 0 Å². The summed E-state index contributed by atoms with van der Waals surface area (Å²) >= 11 is 0. The normalized spacial score (nSPS) is 11.5. The molecule has 0 amide bonds. The van der Waals surface area contributed by atoms with E-state index in [1.54, 1.807) is 0 Å². The minimum Gasteiger partial charge on any atom is -0.481 e. The molecule has 0 radical (unpaired) electrons. The summed E-state index contributed by atoms with van der Waals surface area (Å²) in [4.78, 5) is 40.6. The van der Waals surface area contributed by atoms with Gasteiger partial charge in [-0.2, -0.15) is 0 Å². The number of esters is 2. The van der Waals surface area contributed by atoms with E-state index < -0.39 is 36.4 Å². The molecule has 0 aliphatic heterocycles. The van der Waals surface area contributed by atoms with Crippen LogP contribution in [0.25, 0.3) is 0 Å². The number of aliphatic carboxylic acids is 2. The Hall–Kier alpha value is -1.96. The van der Waals surface area contributed by atoms with Crippen molar-refractivity contribution < 1.29 is 39.2 Å². The zero-order valence-corrected chi connectivity index (χ0v) is 6.67. The van der Waals surface area contributed by atoms with Crippen LogP contribution in [0.2, 0.25) is 0 Å². The molecule has 0 aliphatic carbocycles. The van der Waals surface area contributed by atoms with Crippen LogP contribution in [0, 0.1) is 0 Å². The van der Waals surface area contributed by atoms with E-state index in [4.69, 9.17) is 15.3 Å². The summed E-state index contributed by atoms with van der Waals surface area (Å²) in [5.74, 6) is -6.99. The van der Waals surface area contributed by atoms with Crippen molar-refractivity contribution in [1.82, 2.24) is 0 Å². The summed E-state index contributed by atoms with van der Waals surface area (Å²) in [5, 5.41) is 24.8. The van der Waals surface area contributed by atoms with Crippen LogP contribution >= 0.6 is 0 Å². The molecule has 0 aromatic carbocycles. The number of hydrogen-bond donors (Lipinski definition) is 3. The number of carbonyl (C=O) groups is 4. The highest BCUT2D eigenvalue weighted by atomic mass is 16.6. The highest BCUT2D eigenvalue weighted by Gasteiger charge is 2.25. The number of carbonyl (C=O) groups excluding carboxylic acids is 2. The molecule has 0 aliphatic rings. The number of rotatable bonds is 3. The third-order valence-electron chi connectivity index (χ3n) is 1.01. The molecule has 0 saturated heterocycles. The first-order valence-electron chi connectivity index (χ1n) is 3.23. The zero-order valence-electron chi connectivity index (χ0n) is 6.67. The van der Waals surface area contributed by atoms with Gasteiger partial charge >= 0.3 is 23.9 Å². The molecule has 0 fully saturated rings. The Kier molecular flexibility index (Phi) is 4.23. The average molecular weight is 206 g/mol. The summed E-state index contributed by atoms with van der Waals surface area (Å²) < 4.78 is 3.58. The van der Waals surface area contributed by atoms with Crippen molar-refractivity contribution in [2.24, 2.45) is 0 Å². The third-order valence-corrected chi connectivity index (χ3v) is 1.01. The van der Waals surface area contributed by atoms with Gasteiger partial charge in [0.15, 0.2) is 6.10 Å². The van der Waals surface area contributed by atoms with Gasteiger partial charge in [0, 0.05) is 0 Å². The topological polar surface area (TPSA) is 138 Å². The number of hydrogen-bond acceptors (Lipinski definition) is 6. The largest absolute Gasteiger partial charge is 0.481 e. The summed E-state index contributed by atoms with van der Waals surface area (Å²) in [6.07, 6.45) is -3.03. The molecular formula is C6H6O8. The van der Waals surface area contributed by atoms with Crippen molar-refractivity contribution in [3.8, 4) is 0 Å². The number of carboxylic acids is 2. The first kappa shape index (κ1) is 12.0. The number of carboxylic acid groups (broad SMARTS) is 2. The van der Waals surface area contributed by atoms with Crippen LogP contribution in [0.5, 0.6) is 0 Å². The van der Waals surface area contributed by atoms with Crippen LogP contribution in [-0.4, -0.2) is 45.3 Å². The fourth-order valence-corrected chi connectivity index (χ4v) is 0.452. The molecular weight excluding hydrogens is 200 g/mol. The second-order valence-corrected chi connectivity index (χ2v) is 2.13. The summed E-state index contributed by atoms with van der Waals surface area (Å²) in [5.41, 5.74) is 0. The van der Waals surface area contributed by atoms with Crippen molar-refractivity contribution in [2.75, 3.05) is 0 Å². The lowest BCUT2D eigenvalue weighted by Crippen LogP contribution is -2.30. The van der Waals surface area contributed by atoms with Gasteiger partial charge < -0.3 is 20.1 Å². The number of ether oxygens (including phenoxy) is 1. The second kappa shape index (κ2) is 4.92. The summed E-state index contributed by atoms with van der Waals surface area (Å²) in [6.45, 7) is 0. The molecule has 3 N–H and O–H groups in total. The molecule has 0 rings (SSSR count). The van der Waals surface area contributed by atoms with E-state index in [2.05, 4.69) is 4.74 Å². The van der Waals surface area contributed by atoms with Crippen LogP contribution in [0.4, 0.5) is 0 Å². The predicted molar refractivity (Wildman–Crippen MR) is 37.0 cm³/mol. The van der Waals surface area contributed by atoms with E-state index in [0.29, 0.717) is 0 Å². The first-order valence-corrected chi connectivity index (χ1v) is 3.23. The van der Waals surface area contributed by atoms with Crippen molar-refractivity contribution in [1.29, 1.82) is 0 Å².